The summed E-state index contributed by atoms with van der Waals surface area (Å²) in [6.45, 7) is 0. The van der Waals surface area contributed by atoms with E-state index in [0.29, 0.717) is 0 Å². The summed E-state index contributed by atoms with van der Waals surface area (Å²) in [7, 11) is 0. The number of amides is 2. The van der Waals surface area contributed by atoms with Gasteiger partial charge in [0.25, 0.3) is 0 Å². The molecule has 2 amide bonds. The third-order valence-electron chi connectivity index (χ3n) is 5.90. The first-order chi connectivity index (χ1) is 17.7. The molecule has 0 radical (unpaired) electrons. The second-order valence-electron chi connectivity index (χ2n) is 8.30. The number of hydrogen-bond donors (Lipinski definition) is 2. The molecule has 0 aromatic heterocycles. The average molecular weight is 469 g/mol. The van der Waals surface area contributed by atoms with Crippen molar-refractivity contribution in [2.45, 2.75) is 0 Å². The normalized spacial score (nSPS) is 11.3. The zero-order valence-corrected chi connectivity index (χ0v) is 19.5. The van der Waals surface area contributed by atoms with Gasteiger partial charge in [0, 0.05) is 23.5 Å². The molecule has 5 rings (SSSR count). The standard InChI is InChI=1S/C32H24N2O2/c35-31(33-23-11-3-1-4-12-23)21-19-29-25-15-7-9-17-27(25)30(28-18-10-8-16-26(28)29)20-22-32(36)34-24-13-5-2-6-14-24/h1-22H,(H,33,35)(H,34,36)/b21-19+,22-20+. The highest BCUT2D eigenvalue weighted by atomic mass is 16.2. The Balaban J connectivity index is 1.53. The van der Waals surface area contributed by atoms with Crippen molar-refractivity contribution in [1.82, 2.24) is 0 Å². The number of carbonyl (C=O) groups excluding carboxylic acids is 2. The molecule has 0 fully saturated rings. The predicted octanol–water partition coefficient (Wildman–Crippen LogP) is 7.30. The molecule has 0 bridgehead atoms. The molecule has 5 aromatic carbocycles. The van der Waals surface area contributed by atoms with Gasteiger partial charge in [0.1, 0.15) is 0 Å². The van der Waals surface area contributed by atoms with Crippen LogP contribution in [0.25, 0.3) is 33.7 Å². The lowest BCUT2D eigenvalue weighted by atomic mass is 9.91. The Morgan fingerprint density at radius 2 is 0.750 bits per heavy atom. The summed E-state index contributed by atoms with van der Waals surface area (Å²) in [6, 6.07) is 34.8. The van der Waals surface area contributed by atoms with Crippen molar-refractivity contribution in [3.05, 3.63) is 132 Å². The van der Waals surface area contributed by atoms with E-state index in [1.165, 1.54) is 0 Å². The van der Waals surface area contributed by atoms with E-state index in [4.69, 9.17) is 0 Å². The van der Waals surface area contributed by atoms with Crippen LogP contribution in [0, 0.1) is 0 Å². The van der Waals surface area contributed by atoms with Crippen LogP contribution in [-0.2, 0) is 9.59 Å². The molecule has 0 unspecified atom stereocenters. The van der Waals surface area contributed by atoms with Crippen molar-refractivity contribution in [3.63, 3.8) is 0 Å². The monoisotopic (exact) mass is 468 g/mol. The first-order valence-corrected chi connectivity index (χ1v) is 11.7. The van der Waals surface area contributed by atoms with Gasteiger partial charge in [-0.1, -0.05) is 84.9 Å². The Labute approximate surface area is 209 Å². The van der Waals surface area contributed by atoms with E-state index in [9.17, 15) is 9.59 Å². The van der Waals surface area contributed by atoms with E-state index in [0.717, 1.165) is 44.0 Å². The van der Waals surface area contributed by atoms with Crippen molar-refractivity contribution in [2.24, 2.45) is 0 Å². The number of para-hydroxylation sites is 2. The summed E-state index contributed by atoms with van der Waals surface area (Å²) in [5, 5.41) is 9.79. The van der Waals surface area contributed by atoms with Gasteiger partial charge in [-0.2, -0.15) is 0 Å². The minimum Gasteiger partial charge on any atom is -0.323 e. The number of anilines is 2. The molecule has 0 aliphatic carbocycles. The summed E-state index contributed by atoms with van der Waals surface area (Å²) >= 11 is 0. The highest BCUT2D eigenvalue weighted by molar-refractivity contribution is 6.15. The molecule has 0 spiro atoms. The average Bonchev–Trinajstić information content (AvgIpc) is 2.91. The Morgan fingerprint density at radius 3 is 1.08 bits per heavy atom. The third kappa shape index (κ3) is 5.08. The fraction of sp³-hybridized carbons (Fsp3) is 0. The van der Waals surface area contributed by atoms with Crippen LogP contribution in [0.5, 0.6) is 0 Å². The molecule has 174 valence electrons. The van der Waals surface area contributed by atoms with Crippen LogP contribution in [0.2, 0.25) is 0 Å². The van der Waals surface area contributed by atoms with Crippen LogP contribution in [0.15, 0.2) is 121 Å². The summed E-state index contributed by atoms with van der Waals surface area (Å²) in [5.74, 6) is -0.396. The topological polar surface area (TPSA) is 58.2 Å². The summed E-state index contributed by atoms with van der Waals surface area (Å²) in [6.07, 6.45) is 6.84. The lowest BCUT2D eigenvalue weighted by Crippen LogP contribution is -2.07. The molecule has 0 saturated heterocycles. The Morgan fingerprint density at radius 1 is 0.444 bits per heavy atom. The van der Waals surface area contributed by atoms with E-state index in [1.54, 1.807) is 12.2 Å². The van der Waals surface area contributed by atoms with Crippen LogP contribution in [0.3, 0.4) is 0 Å². The number of hydrogen-bond acceptors (Lipinski definition) is 2. The minimum absolute atomic E-state index is 0.198. The van der Waals surface area contributed by atoms with Gasteiger partial charge in [-0.25, -0.2) is 0 Å². The number of rotatable bonds is 6. The van der Waals surface area contributed by atoms with Gasteiger partial charge in [-0.05, 0) is 69.1 Å². The van der Waals surface area contributed by atoms with Gasteiger partial charge >= 0.3 is 0 Å². The molecule has 0 saturated carbocycles. The van der Waals surface area contributed by atoms with Crippen LogP contribution >= 0.6 is 0 Å². The van der Waals surface area contributed by atoms with Gasteiger partial charge < -0.3 is 10.6 Å². The lowest BCUT2D eigenvalue weighted by molar-refractivity contribution is -0.112. The number of fused-ring (bicyclic) bond motifs is 2. The lowest BCUT2D eigenvalue weighted by Gasteiger charge is -2.13. The zero-order chi connectivity index (χ0) is 24.7. The van der Waals surface area contributed by atoms with Gasteiger partial charge in [0.15, 0.2) is 0 Å². The van der Waals surface area contributed by atoms with Gasteiger partial charge in [-0.15, -0.1) is 0 Å². The maximum atomic E-state index is 12.6. The second kappa shape index (κ2) is 10.5. The van der Waals surface area contributed by atoms with Crippen LogP contribution in [-0.4, -0.2) is 11.8 Å². The molecule has 5 aromatic rings. The van der Waals surface area contributed by atoms with E-state index < -0.39 is 0 Å². The van der Waals surface area contributed by atoms with Crippen LogP contribution < -0.4 is 10.6 Å². The van der Waals surface area contributed by atoms with Crippen LogP contribution in [0.1, 0.15) is 11.1 Å². The molecule has 4 heteroatoms. The molecule has 36 heavy (non-hydrogen) atoms. The summed E-state index contributed by atoms with van der Waals surface area (Å²) in [5.41, 5.74) is 3.40. The highest BCUT2D eigenvalue weighted by Crippen LogP contribution is 2.34. The van der Waals surface area contributed by atoms with Crippen LogP contribution in [0.4, 0.5) is 11.4 Å². The molecular formula is C32H24N2O2. The Kier molecular flexibility index (Phi) is 6.68. The maximum absolute atomic E-state index is 12.6. The smallest absolute Gasteiger partial charge is 0.248 e. The number of nitrogens with one attached hydrogen (secondary N) is 2. The van der Waals surface area contributed by atoms with Crippen molar-refractivity contribution < 1.29 is 9.59 Å². The number of benzene rings is 5. The SMILES string of the molecule is O=C(/C=C/c1c2ccccc2c(/C=C/C(=O)Nc2ccccc2)c2ccccc12)Nc1ccccc1. The Hall–Kier alpha value is -4.96. The largest absolute Gasteiger partial charge is 0.323 e. The summed E-state index contributed by atoms with van der Waals surface area (Å²) < 4.78 is 0. The molecule has 2 N–H and O–H groups in total. The van der Waals surface area contributed by atoms with Crippen molar-refractivity contribution in [2.75, 3.05) is 10.6 Å². The Bertz CT molecular complexity index is 1430. The molecule has 4 nitrogen and oxygen atoms in total. The van der Waals surface area contributed by atoms with Crippen molar-refractivity contribution >= 4 is 56.9 Å². The van der Waals surface area contributed by atoms with Gasteiger partial charge in [0.05, 0.1) is 0 Å². The van der Waals surface area contributed by atoms with Gasteiger partial charge in [0.2, 0.25) is 11.8 Å². The second-order valence-corrected chi connectivity index (χ2v) is 8.30. The quantitative estimate of drug-likeness (QED) is 0.203. The first kappa shape index (κ1) is 22.8. The number of carbonyl (C=O) groups is 2. The van der Waals surface area contributed by atoms with E-state index in [2.05, 4.69) is 10.6 Å². The summed E-state index contributed by atoms with van der Waals surface area (Å²) in [4.78, 5) is 25.2. The fourth-order valence-electron chi connectivity index (χ4n) is 4.28. The maximum Gasteiger partial charge on any atom is 0.248 e. The molecule has 0 atom stereocenters. The predicted molar refractivity (Wildman–Crippen MR) is 150 cm³/mol. The highest BCUT2D eigenvalue weighted by Gasteiger charge is 2.11. The van der Waals surface area contributed by atoms with E-state index in [1.807, 2.05) is 121 Å². The van der Waals surface area contributed by atoms with Gasteiger partial charge in [-0.3, -0.25) is 9.59 Å². The molecule has 0 heterocycles. The molecule has 0 aliphatic rings. The third-order valence-corrected chi connectivity index (χ3v) is 5.90. The van der Waals surface area contributed by atoms with E-state index in [-0.39, 0.29) is 11.8 Å². The molecular weight excluding hydrogens is 444 g/mol. The van der Waals surface area contributed by atoms with Crippen molar-refractivity contribution in [3.8, 4) is 0 Å². The van der Waals surface area contributed by atoms with E-state index >= 15 is 0 Å². The molecule has 0 aliphatic heterocycles. The first-order valence-electron chi connectivity index (χ1n) is 11.7. The fourth-order valence-corrected chi connectivity index (χ4v) is 4.28. The zero-order valence-electron chi connectivity index (χ0n) is 19.5. The minimum atomic E-state index is -0.198. The van der Waals surface area contributed by atoms with Crippen molar-refractivity contribution in [1.29, 1.82) is 0 Å².